The van der Waals surface area contributed by atoms with Crippen LogP contribution in [0.5, 0.6) is 0 Å². The van der Waals surface area contributed by atoms with Crippen LogP contribution in [0.2, 0.25) is 0 Å². The number of methoxy groups -OCH3 is 1. The predicted molar refractivity (Wildman–Crippen MR) is 112 cm³/mol. The number of benzene rings is 2. The first-order valence-corrected chi connectivity index (χ1v) is 9.92. The van der Waals surface area contributed by atoms with Crippen LogP contribution in [0.25, 0.3) is 0 Å². The highest BCUT2D eigenvalue weighted by Crippen LogP contribution is 2.29. The zero-order valence-electron chi connectivity index (χ0n) is 17.3. The number of ether oxygens (including phenoxy) is 1. The molecule has 0 radical (unpaired) electrons. The molecule has 3 aromatic rings. The minimum Gasteiger partial charge on any atom is -0.383 e. The molecule has 0 N–H and O–H groups in total. The second-order valence-electron chi connectivity index (χ2n) is 7.51. The Kier molecular flexibility index (Phi) is 7.34. The van der Waals surface area contributed by atoms with E-state index in [2.05, 4.69) is 52.9 Å². The van der Waals surface area contributed by atoms with Gasteiger partial charge in [-0.15, -0.1) is 0 Å². The molecule has 0 spiro atoms. The first-order chi connectivity index (χ1) is 14.3. The number of halogens is 3. The molecule has 3 rings (SSSR count). The summed E-state index contributed by atoms with van der Waals surface area (Å²) in [6.45, 7) is 5.34. The van der Waals surface area contributed by atoms with E-state index in [1.54, 1.807) is 19.2 Å². The van der Waals surface area contributed by atoms with Crippen LogP contribution in [0.1, 0.15) is 27.9 Å². The number of aryl methyl sites for hydroxylation is 1. The summed E-state index contributed by atoms with van der Waals surface area (Å²) < 4.78 is 45.9. The minimum absolute atomic E-state index is 0.553. The van der Waals surface area contributed by atoms with Crippen molar-refractivity contribution in [3.05, 3.63) is 94.8 Å². The fourth-order valence-corrected chi connectivity index (χ4v) is 3.48. The SMILES string of the molecule is COCCN(Cc1ccc(C(F)(F)F)cc1)Cc1cccn1Cc1cccc(C)c1. The van der Waals surface area contributed by atoms with Gasteiger partial charge in [0.05, 0.1) is 12.2 Å². The van der Waals surface area contributed by atoms with Gasteiger partial charge in [0.25, 0.3) is 0 Å². The average molecular weight is 416 g/mol. The van der Waals surface area contributed by atoms with E-state index in [1.807, 2.05) is 6.07 Å². The van der Waals surface area contributed by atoms with E-state index in [1.165, 1.54) is 11.1 Å². The molecule has 160 valence electrons. The van der Waals surface area contributed by atoms with E-state index in [0.29, 0.717) is 26.2 Å². The second kappa shape index (κ2) is 9.96. The van der Waals surface area contributed by atoms with Crippen LogP contribution in [0.15, 0.2) is 66.9 Å². The van der Waals surface area contributed by atoms with Gasteiger partial charge in [0, 0.05) is 45.2 Å². The molecule has 2 aromatic carbocycles. The lowest BCUT2D eigenvalue weighted by Gasteiger charge is -2.23. The topological polar surface area (TPSA) is 17.4 Å². The van der Waals surface area contributed by atoms with Gasteiger partial charge in [0.15, 0.2) is 0 Å². The molecule has 0 saturated heterocycles. The molecule has 30 heavy (non-hydrogen) atoms. The van der Waals surface area contributed by atoms with Gasteiger partial charge < -0.3 is 9.30 Å². The van der Waals surface area contributed by atoms with Crippen molar-refractivity contribution in [3.8, 4) is 0 Å². The smallest absolute Gasteiger partial charge is 0.383 e. The van der Waals surface area contributed by atoms with Crippen molar-refractivity contribution < 1.29 is 17.9 Å². The lowest BCUT2D eigenvalue weighted by atomic mass is 10.1. The monoisotopic (exact) mass is 416 g/mol. The number of aromatic nitrogens is 1. The highest BCUT2D eigenvalue weighted by atomic mass is 19.4. The molecule has 6 heteroatoms. The standard InChI is InChI=1S/C24H27F3N2O/c1-19-5-3-6-21(15-19)17-29-12-4-7-23(29)18-28(13-14-30-2)16-20-8-10-22(11-9-20)24(25,26)27/h3-12,15H,13-14,16-18H2,1-2H3. The van der Waals surface area contributed by atoms with Crippen molar-refractivity contribution in [1.82, 2.24) is 9.47 Å². The molecule has 0 aliphatic carbocycles. The maximum Gasteiger partial charge on any atom is 0.416 e. The first kappa shape index (κ1) is 22.1. The summed E-state index contributed by atoms with van der Waals surface area (Å²) in [6, 6.07) is 17.9. The van der Waals surface area contributed by atoms with Crippen molar-refractivity contribution in [3.63, 3.8) is 0 Å². The van der Waals surface area contributed by atoms with Gasteiger partial charge >= 0.3 is 6.18 Å². The molecule has 0 aliphatic rings. The fraction of sp³-hybridized carbons (Fsp3) is 0.333. The Bertz CT molecular complexity index is 932. The number of hydrogen-bond donors (Lipinski definition) is 0. The van der Waals surface area contributed by atoms with E-state index >= 15 is 0 Å². The highest BCUT2D eigenvalue weighted by Gasteiger charge is 2.30. The van der Waals surface area contributed by atoms with Crippen molar-refractivity contribution in [2.45, 2.75) is 32.7 Å². The number of rotatable bonds is 9. The Balaban J connectivity index is 1.72. The van der Waals surface area contributed by atoms with Crippen LogP contribution in [0.3, 0.4) is 0 Å². The zero-order valence-corrected chi connectivity index (χ0v) is 17.3. The molecule has 1 heterocycles. The molecule has 0 atom stereocenters. The third-order valence-electron chi connectivity index (χ3n) is 5.04. The average Bonchev–Trinajstić information content (AvgIpc) is 3.12. The van der Waals surface area contributed by atoms with Crippen LogP contribution < -0.4 is 0 Å². The van der Waals surface area contributed by atoms with Crippen LogP contribution >= 0.6 is 0 Å². The molecule has 1 aromatic heterocycles. The van der Waals surface area contributed by atoms with Crippen LogP contribution in [-0.2, 0) is 30.5 Å². The molecule has 0 amide bonds. The molecule has 0 bridgehead atoms. The Morgan fingerprint density at radius 3 is 2.37 bits per heavy atom. The van der Waals surface area contributed by atoms with Crippen LogP contribution in [0, 0.1) is 6.92 Å². The molecule has 0 aliphatic heterocycles. The Hall–Kier alpha value is -2.57. The van der Waals surface area contributed by atoms with Crippen molar-refractivity contribution in [2.24, 2.45) is 0 Å². The fourth-order valence-electron chi connectivity index (χ4n) is 3.48. The lowest BCUT2D eigenvalue weighted by molar-refractivity contribution is -0.137. The lowest BCUT2D eigenvalue weighted by Crippen LogP contribution is -2.27. The zero-order chi connectivity index (χ0) is 21.6. The molecule has 3 nitrogen and oxygen atoms in total. The number of nitrogens with zero attached hydrogens (tertiary/aromatic N) is 2. The summed E-state index contributed by atoms with van der Waals surface area (Å²) >= 11 is 0. The van der Waals surface area contributed by atoms with Gasteiger partial charge in [-0.3, -0.25) is 4.90 Å². The van der Waals surface area contributed by atoms with E-state index in [9.17, 15) is 13.2 Å². The van der Waals surface area contributed by atoms with Gasteiger partial charge in [-0.25, -0.2) is 0 Å². The highest BCUT2D eigenvalue weighted by molar-refractivity contribution is 5.25. The third-order valence-corrected chi connectivity index (χ3v) is 5.04. The number of alkyl halides is 3. The van der Waals surface area contributed by atoms with Gasteiger partial charge in [-0.1, -0.05) is 42.0 Å². The Morgan fingerprint density at radius 1 is 0.933 bits per heavy atom. The van der Waals surface area contributed by atoms with Gasteiger partial charge in [0.2, 0.25) is 0 Å². The van der Waals surface area contributed by atoms with Crippen LogP contribution in [0.4, 0.5) is 13.2 Å². The van der Waals surface area contributed by atoms with Gasteiger partial charge in [0.1, 0.15) is 0 Å². The summed E-state index contributed by atoms with van der Waals surface area (Å²) in [5.74, 6) is 0. The largest absolute Gasteiger partial charge is 0.416 e. The van der Waals surface area contributed by atoms with Gasteiger partial charge in [-0.05, 0) is 42.3 Å². The number of hydrogen-bond acceptors (Lipinski definition) is 2. The van der Waals surface area contributed by atoms with Crippen molar-refractivity contribution in [1.29, 1.82) is 0 Å². The Labute approximate surface area is 175 Å². The quantitative estimate of drug-likeness (QED) is 0.458. The maximum atomic E-state index is 12.8. The van der Waals surface area contributed by atoms with Crippen LogP contribution in [-0.4, -0.2) is 29.7 Å². The van der Waals surface area contributed by atoms with Crippen molar-refractivity contribution >= 4 is 0 Å². The first-order valence-electron chi connectivity index (χ1n) is 9.92. The van der Waals surface area contributed by atoms with E-state index in [-0.39, 0.29) is 0 Å². The Morgan fingerprint density at radius 2 is 1.70 bits per heavy atom. The molecular formula is C24H27F3N2O. The normalized spacial score (nSPS) is 11.9. The summed E-state index contributed by atoms with van der Waals surface area (Å²) in [5.41, 5.74) is 3.83. The second-order valence-corrected chi connectivity index (χ2v) is 7.51. The third kappa shape index (κ3) is 6.21. The molecular weight excluding hydrogens is 389 g/mol. The summed E-state index contributed by atoms with van der Waals surface area (Å²) in [5, 5.41) is 0. The van der Waals surface area contributed by atoms with Crippen molar-refractivity contribution in [2.75, 3.05) is 20.3 Å². The minimum atomic E-state index is -4.31. The van der Waals surface area contributed by atoms with E-state index < -0.39 is 11.7 Å². The van der Waals surface area contributed by atoms with E-state index in [4.69, 9.17) is 4.74 Å². The van der Waals surface area contributed by atoms with E-state index in [0.717, 1.165) is 29.9 Å². The summed E-state index contributed by atoms with van der Waals surface area (Å²) in [6.07, 6.45) is -2.25. The molecule has 0 fully saturated rings. The summed E-state index contributed by atoms with van der Waals surface area (Å²) in [4.78, 5) is 2.19. The van der Waals surface area contributed by atoms with Gasteiger partial charge in [-0.2, -0.15) is 13.2 Å². The molecule has 0 unspecified atom stereocenters. The summed E-state index contributed by atoms with van der Waals surface area (Å²) in [7, 11) is 1.65. The molecule has 0 saturated carbocycles. The predicted octanol–water partition coefficient (Wildman–Crippen LogP) is 5.51. The maximum absolute atomic E-state index is 12.8.